The Morgan fingerprint density at radius 3 is 2.23 bits per heavy atom. The number of aliphatic hydroxyl groups excluding tert-OH is 1. The van der Waals surface area contributed by atoms with E-state index in [-0.39, 0.29) is 0 Å². The minimum absolute atomic E-state index is 0.338. The molecule has 0 saturated heterocycles. The van der Waals surface area contributed by atoms with Crippen molar-refractivity contribution in [3.05, 3.63) is 35.6 Å². The number of benzene rings is 1. The minimum atomic E-state index is -1.65. The molecule has 7 heteroatoms. The second-order valence-corrected chi connectivity index (χ2v) is 5.64. The fraction of sp³-hybridized carbons (Fsp3) is 0.467. The second kappa shape index (κ2) is 7.22. The zero-order valence-corrected chi connectivity index (χ0v) is 12.9. The molecule has 6 nitrogen and oxygen atoms in total. The first-order valence-corrected chi connectivity index (χ1v) is 6.65. The van der Waals surface area contributed by atoms with Gasteiger partial charge < -0.3 is 19.9 Å². The number of carbonyl (C=O) groups excluding carboxylic acids is 2. The number of nitrogens with one attached hydrogen (secondary N) is 1. The number of alkyl carbamates (subject to hydrolysis) is 1. The molecular weight excluding hydrogens is 293 g/mol. The van der Waals surface area contributed by atoms with Crippen LogP contribution in [0.15, 0.2) is 24.3 Å². The van der Waals surface area contributed by atoms with Crippen molar-refractivity contribution in [1.82, 2.24) is 5.32 Å². The summed E-state index contributed by atoms with van der Waals surface area (Å²) in [6, 6.07) is 3.89. The molecule has 0 aromatic heterocycles. The van der Waals surface area contributed by atoms with E-state index in [0.717, 1.165) is 19.2 Å². The van der Waals surface area contributed by atoms with Gasteiger partial charge in [-0.15, -0.1) is 0 Å². The Balaban J connectivity index is 2.99. The molecule has 0 aliphatic carbocycles. The third kappa shape index (κ3) is 5.33. The minimum Gasteiger partial charge on any atom is -0.467 e. The Kier molecular flexibility index (Phi) is 5.87. The first-order chi connectivity index (χ1) is 10.1. The zero-order valence-electron chi connectivity index (χ0n) is 12.9. The largest absolute Gasteiger partial charge is 0.467 e. The predicted molar refractivity (Wildman–Crippen MR) is 76.5 cm³/mol. The Morgan fingerprint density at radius 2 is 1.77 bits per heavy atom. The van der Waals surface area contributed by atoms with Gasteiger partial charge in [-0.2, -0.15) is 0 Å². The number of halogens is 1. The van der Waals surface area contributed by atoms with Crippen LogP contribution in [0.5, 0.6) is 0 Å². The monoisotopic (exact) mass is 313 g/mol. The van der Waals surface area contributed by atoms with Crippen LogP contribution in [0.2, 0.25) is 0 Å². The molecule has 0 aliphatic rings. The summed E-state index contributed by atoms with van der Waals surface area (Å²) in [6.45, 7) is 5.03. The van der Waals surface area contributed by atoms with Crippen LogP contribution in [-0.4, -0.2) is 36.0 Å². The van der Waals surface area contributed by atoms with E-state index < -0.39 is 35.6 Å². The fourth-order valence-electron chi connectivity index (χ4n) is 1.71. The lowest BCUT2D eigenvalue weighted by molar-refractivity contribution is -0.152. The molecular formula is C15H20FNO5. The maximum absolute atomic E-state index is 13.0. The molecule has 0 heterocycles. The number of amides is 1. The molecule has 2 N–H and O–H groups in total. The van der Waals surface area contributed by atoms with Gasteiger partial charge in [0.05, 0.1) is 13.2 Å². The standard InChI is InChI=1S/C15H20FNO5/c1-15(2,3)22-14(20)17-11(12(18)13(19)21-4)9-5-7-10(16)8-6-9/h5-8,11-12,18H,1-4H3,(H,17,20)/t11-,12+/m0/s1. The van der Waals surface area contributed by atoms with Gasteiger partial charge in [0.2, 0.25) is 0 Å². The van der Waals surface area contributed by atoms with Gasteiger partial charge in [0.25, 0.3) is 0 Å². The molecule has 0 unspecified atom stereocenters. The van der Waals surface area contributed by atoms with Gasteiger partial charge in [0.1, 0.15) is 11.4 Å². The number of ether oxygens (including phenoxy) is 2. The van der Waals surface area contributed by atoms with Crippen molar-refractivity contribution in [2.75, 3.05) is 7.11 Å². The lowest BCUT2D eigenvalue weighted by Gasteiger charge is -2.25. The van der Waals surface area contributed by atoms with Crippen LogP contribution in [0.1, 0.15) is 32.4 Å². The third-order valence-electron chi connectivity index (χ3n) is 2.66. The van der Waals surface area contributed by atoms with E-state index in [9.17, 15) is 19.1 Å². The third-order valence-corrected chi connectivity index (χ3v) is 2.66. The van der Waals surface area contributed by atoms with E-state index in [1.165, 1.54) is 12.1 Å². The first-order valence-electron chi connectivity index (χ1n) is 6.65. The fourth-order valence-corrected chi connectivity index (χ4v) is 1.71. The van der Waals surface area contributed by atoms with Gasteiger partial charge in [-0.1, -0.05) is 12.1 Å². The molecule has 0 aliphatic heterocycles. The van der Waals surface area contributed by atoms with Crippen molar-refractivity contribution in [2.45, 2.75) is 38.5 Å². The Morgan fingerprint density at radius 1 is 1.23 bits per heavy atom. The van der Waals surface area contributed by atoms with Crippen LogP contribution in [0.3, 0.4) is 0 Å². The highest BCUT2D eigenvalue weighted by atomic mass is 19.1. The van der Waals surface area contributed by atoms with Crippen molar-refractivity contribution in [2.24, 2.45) is 0 Å². The SMILES string of the molecule is COC(=O)[C@H](O)[C@@H](NC(=O)OC(C)(C)C)c1ccc(F)cc1. The van der Waals surface area contributed by atoms with E-state index in [0.29, 0.717) is 5.56 Å². The summed E-state index contributed by atoms with van der Waals surface area (Å²) in [6.07, 6.45) is -2.47. The molecule has 0 saturated carbocycles. The molecule has 22 heavy (non-hydrogen) atoms. The number of hydrogen-bond donors (Lipinski definition) is 2. The van der Waals surface area contributed by atoms with E-state index in [2.05, 4.69) is 10.1 Å². The summed E-state index contributed by atoms with van der Waals surface area (Å²) in [4.78, 5) is 23.4. The van der Waals surface area contributed by atoms with Crippen LogP contribution in [-0.2, 0) is 14.3 Å². The average Bonchev–Trinajstić information content (AvgIpc) is 2.42. The van der Waals surface area contributed by atoms with Crippen molar-refractivity contribution in [1.29, 1.82) is 0 Å². The summed E-state index contributed by atoms with van der Waals surface area (Å²) < 4.78 is 22.5. The molecule has 2 atom stereocenters. The topological polar surface area (TPSA) is 84.9 Å². The second-order valence-electron chi connectivity index (χ2n) is 5.64. The summed E-state index contributed by atoms with van der Waals surface area (Å²) in [5.74, 6) is -1.40. The zero-order chi connectivity index (χ0) is 16.9. The van der Waals surface area contributed by atoms with Crippen molar-refractivity contribution >= 4 is 12.1 Å². The van der Waals surface area contributed by atoms with Crippen LogP contribution in [0, 0.1) is 5.82 Å². The number of methoxy groups -OCH3 is 1. The highest BCUT2D eigenvalue weighted by Crippen LogP contribution is 2.20. The Bertz CT molecular complexity index is 524. The molecule has 1 aromatic rings. The van der Waals surface area contributed by atoms with E-state index >= 15 is 0 Å². The molecule has 1 rings (SSSR count). The Labute approximate surface area is 128 Å². The molecule has 0 spiro atoms. The maximum Gasteiger partial charge on any atom is 0.408 e. The summed E-state index contributed by atoms with van der Waals surface area (Å²) in [7, 11) is 1.11. The predicted octanol–water partition coefficient (Wildman–Crippen LogP) is 1.93. The van der Waals surface area contributed by atoms with Crippen LogP contribution >= 0.6 is 0 Å². The van der Waals surface area contributed by atoms with Crippen molar-refractivity contribution in [3.8, 4) is 0 Å². The summed E-state index contributed by atoms with van der Waals surface area (Å²) >= 11 is 0. The van der Waals surface area contributed by atoms with Gasteiger partial charge in [-0.05, 0) is 38.5 Å². The maximum atomic E-state index is 13.0. The van der Waals surface area contributed by atoms with E-state index in [1.54, 1.807) is 20.8 Å². The van der Waals surface area contributed by atoms with Crippen molar-refractivity contribution < 1.29 is 28.6 Å². The molecule has 0 radical (unpaired) electrons. The molecule has 122 valence electrons. The van der Waals surface area contributed by atoms with E-state index in [4.69, 9.17) is 4.74 Å². The summed E-state index contributed by atoms with van der Waals surface area (Å²) in [5.41, 5.74) is -0.404. The average molecular weight is 313 g/mol. The first kappa shape index (κ1) is 17.9. The number of esters is 1. The lowest BCUT2D eigenvalue weighted by atomic mass is 10.0. The van der Waals surface area contributed by atoms with Gasteiger partial charge >= 0.3 is 12.1 Å². The van der Waals surface area contributed by atoms with Gasteiger partial charge in [-0.3, -0.25) is 0 Å². The quantitative estimate of drug-likeness (QED) is 0.830. The van der Waals surface area contributed by atoms with Crippen LogP contribution < -0.4 is 5.32 Å². The van der Waals surface area contributed by atoms with Crippen molar-refractivity contribution in [3.63, 3.8) is 0 Å². The normalized spacial score (nSPS) is 13.9. The Hall–Kier alpha value is -2.15. The number of hydrogen-bond acceptors (Lipinski definition) is 5. The molecule has 1 aromatic carbocycles. The van der Waals surface area contributed by atoms with Crippen LogP contribution in [0.25, 0.3) is 0 Å². The van der Waals surface area contributed by atoms with E-state index in [1.807, 2.05) is 0 Å². The smallest absolute Gasteiger partial charge is 0.408 e. The van der Waals surface area contributed by atoms with Gasteiger partial charge in [0.15, 0.2) is 6.10 Å². The number of rotatable bonds is 4. The number of aliphatic hydroxyl groups is 1. The lowest BCUT2D eigenvalue weighted by Crippen LogP contribution is -2.43. The molecule has 1 amide bonds. The number of carbonyl (C=O) groups is 2. The van der Waals surface area contributed by atoms with Gasteiger partial charge in [0, 0.05) is 0 Å². The van der Waals surface area contributed by atoms with Crippen LogP contribution in [0.4, 0.5) is 9.18 Å². The van der Waals surface area contributed by atoms with Gasteiger partial charge in [-0.25, -0.2) is 14.0 Å². The summed E-state index contributed by atoms with van der Waals surface area (Å²) in [5, 5.41) is 12.4. The molecule has 0 bridgehead atoms. The highest BCUT2D eigenvalue weighted by molar-refractivity contribution is 5.77. The molecule has 0 fully saturated rings. The highest BCUT2D eigenvalue weighted by Gasteiger charge is 2.31.